The standard InChI is InChI=1S/C10H19NO/c1-8(2)6-9-4-3-5-10(7-9)11-12/h8-9,12H,3-7H2,1-2H3/b11-10-. The Bertz CT molecular complexity index is 163. The van der Waals surface area contributed by atoms with Gasteiger partial charge in [-0.15, -0.1) is 0 Å². The summed E-state index contributed by atoms with van der Waals surface area (Å²) in [6, 6.07) is 0. The van der Waals surface area contributed by atoms with Crippen LogP contribution in [0.3, 0.4) is 0 Å². The van der Waals surface area contributed by atoms with Crippen molar-refractivity contribution in [2.24, 2.45) is 17.0 Å². The minimum absolute atomic E-state index is 0.768. The van der Waals surface area contributed by atoms with E-state index >= 15 is 0 Å². The van der Waals surface area contributed by atoms with Crippen molar-refractivity contribution in [1.29, 1.82) is 0 Å². The zero-order chi connectivity index (χ0) is 8.97. The molecule has 0 aromatic rings. The lowest BCUT2D eigenvalue weighted by atomic mass is 9.83. The Labute approximate surface area is 74.7 Å². The second-order valence-electron chi connectivity index (χ2n) is 4.26. The molecular formula is C10H19NO. The fourth-order valence-electron chi connectivity index (χ4n) is 2.09. The summed E-state index contributed by atoms with van der Waals surface area (Å²) in [6.07, 6.45) is 5.83. The SMILES string of the molecule is CC(C)CC1CCC/C(=N/O)C1. The molecule has 0 aromatic carbocycles. The highest BCUT2D eigenvalue weighted by atomic mass is 16.4. The van der Waals surface area contributed by atoms with Crippen LogP contribution in [0.5, 0.6) is 0 Å². The monoisotopic (exact) mass is 169 g/mol. The third-order valence-corrected chi connectivity index (χ3v) is 2.55. The van der Waals surface area contributed by atoms with Gasteiger partial charge in [0.2, 0.25) is 0 Å². The van der Waals surface area contributed by atoms with E-state index in [1.165, 1.54) is 19.3 Å². The molecule has 0 bridgehead atoms. The third kappa shape index (κ3) is 2.84. The van der Waals surface area contributed by atoms with Gasteiger partial charge in [-0.05, 0) is 43.9 Å². The van der Waals surface area contributed by atoms with Crippen LogP contribution in [0.25, 0.3) is 0 Å². The Morgan fingerprint density at radius 3 is 2.92 bits per heavy atom. The van der Waals surface area contributed by atoms with E-state index < -0.39 is 0 Å². The van der Waals surface area contributed by atoms with Gasteiger partial charge in [-0.2, -0.15) is 0 Å². The molecule has 1 N–H and O–H groups in total. The second-order valence-corrected chi connectivity index (χ2v) is 4.26. The van der Waals surface area contributed by atoms with E-state index in [4.69, 9.17) is 5.21 Å². The largest absolute Gasteiger partial charge is 0.411 e. The van der Waals surface area contributed by atoms with Crippen LogP contribution in [0.2, 0.25) is 0 Å². The molecule has 0 heterocycles. The molecule has 1 fully saturated rings. The Morgan fingerprint density at radius 1 is 1.58 bits per heavy atom. The van der Waals surface area contributed by atoms with Gasteiger partial charge in [-0.25, -0.2) is 0 Å². The van der Waals surface area contributed by atoms with Crippen LogP contribution in [0.4, 0.5) is 0 Å². The molecule has 0 radical (unpaired) electrons. The van der Waals surface area contributed by atoms with Crippen molar-refractivity contribution in [3.05, 3.63) is 0 Å². The van der Waals surface area contributed by atoms with Crippen LogP contribution in [-0.2, 0) is 0 Å². The lowest BCUT2D eigenvalue weighted by Gasteiger charge is -2.23. The van der Waals surface area contributed by atoms with Crippen molar-refractivity contribution < 1.29 is 5.21 Å². The van der Waals surface area contributed by atoms with Crippen LogP contribution in [0.15, 0.2) is 5.16 Å². The first-order valence-corrected chi connectivity index (χ1v) is 4.92. The van der Waals surface area contributed by atoms with Gasteiger partial charge < -0.3 is 5.21 Å². The Hall–Kier alpha value is -0.530. The number of oxime groups is 1. The normalized spacial score (nSPS) is 28.2. The van der Waals surface area contributed by atoms with Gasteiger partial charge in [-0.3, -0.25) is 0 Å². The van der Waals surface area contributed by atoms with Crippen molar-refractivity contribution in [1.82, 2.24) is 0 Å². The minimum atomic E-state index is 0.768. The van der Waals surface area contributed by atoms with E-state index in [2.05, 4.69) is 19.0 Å². The molecule has 1 aliphatic carbocycles. The van der Waals surface area contributed by atoms with Gasteiger partial charge >= 0.3 is 0 Å². The molecule has 0 saturated heterocycles. The first-order valence-electron chi connectivity index (χ1n) is 4.92. The summed E-state index contributed by atoms with van der Waals surface area (Å²) in [4.78, 5) is 0. The predicted octanol–water partition coefficient (Wildman–Crippen LogP) is 3.05. The molecule has 1 rings (SSSR count). The van der Waals surface area contributed by atoms with Crippen LogP contribution in [0, 0.1) is 11.8 Å². The van der Waals surface area contributed by atoms with E-state index in [9.17, 15) is 0 Å². The topological polar surface area (TPSA) is 32.6 Å². The zero-order valence-electron chi connectivity index (χ0n) is 8.08. The molecule has 2 heteroatoms. The smallest absolute Gasteiger partial charge is 0.0573 e. The van der Waals surface area contributed by atoms with Crippen molar-refractivity contribution >= 4 is 5.71 Å². The number of hydrogen-bond acceptors (Lipinski definition) is 2. The molecule has 70 valence electrons. The van der Waals surface area contributed by atoms with Gasteiger partial charge in [0.25, 0.3) is 0 Å². The first kappa shape index (κ1) is 9.56. The Morgan fingerprint density at radius 2 is 2.33 bits per heavy atom. The molecule has 0 aromatic heterocycles. The molecule has 0 amide bonds. The summed E-state index contributed by atoms with van der Waals surface area (Å²) < 4.78 is 0. The van der Waals surface area contributed by atoms with Gasteiger partial charge in [-0.1, -0.05) is 19.0 Å². The highest BCUT2D eigenvalue weighted by molar-refractivity contribution is 5.84. The minimum Gasteiger partial charge on any atom is -0.411 e. The third-order valence-electron chi connectivity index (χ3n) is 2.55. The second kappa shape index (κ2) is 4.48. The van der Waals surface area contributed by atoms with E-state index in [-0.39, 0.29) is 0 Å². The average molecular weight is 169 g/mol. The average Bonchev–Trinajstić information content (AvgIpc) is 2.03. The fraction of sp³-hybridized carbons (Fsp3) is 0.900. The fourth-order valence-corrected chi connectivity index (χ4v) is 2.09. The molecule has 1 saturated carbocycles. The highest BCUT2D eigenvalue weighted by Gasteiger charge is 2.18. The Kier molecular flexibility index (Phi) is 3.57. The van der Waals surface area contributed by atoms with Crippen molar-refractivity contribution in [3.8, 4) is 0 Å². The summed E-state index contributed by atoms with van der Waals surface area (Å²) in [5.74, 6) is 1.54. The number of hydrogen-bond donors (Lipinski definition) is 1. The molecule has 12 heavy (non-hydrogen) atoms. The van der Waals surface area contributed by atoms with E-state index in [1.54, 1.807) is 0 Å². The summed E-state index contributed by atoms with van der Waals surface area (Å²) in [5, 5.41) is 12.0. The maximum Gasteiger partial charge on any atom is 0.0573 e. The molecular weight excluding hydrogens is 150 g/mol. The highest BCUT2D eigenvalue weighted by Crippen LogP contribution is 2.27. The molecule has 1 aliphatic rings. The van der Waals surface area contributed by atoms with Gasteiger partial charge in [0, 0.05) is 0 Å². The van der Waals surface area contributed by atoms with Crippen molar-refractivity contribution in [2.45, 2.75) is 46.0 Å². The van der Waals surface area contributed by atoms with Gasteiger partial charge in [0.05, 0.1) is 5.71 Å². The lowest BCUT2D eigenvalue weighted by Crippen LogP contribution is -2.16. The van der Waals surface area contributed by atoms with Crippen molar-refractivity contribution in [3.63, 3.8) is 0 Å². The molecule has 0 spiro atoms. The van der Waals surface area contributed by atoms with Gasteiger partial charge in [0.1, 0.15) is 0 Å². The van der Waals surface area contributed by atoms with Crippen LogP contribution in [0.1, 0.15) is 46.0 Å². The van der Waals surface area contributed by atoms with Crippen LogP contribution in [-0.4, -0.2) is 10.9 Å². The maximum atomic E-state index is 8.63. The zero-order valence-corrected chi connectivity index (χ0v) is 8.08. The van der Waals surface area contributed by atoms with E-state index in [1.807, 2.05) is 0 Å². The summed E-state index contributed by atoms with van der Waals surface area (Å²) >= 11 is 0. The molecule has 1 atom stereocenters. The van der Waals surface area contributed by atoms with Gasteiger partial charge in [0.15, 0.2) is 0 Å². The van der Waals surface area contributed by atoms with Crippen LogP contribution >= 0.6 is 0 Å². The maximum absolute atomic E-state index is 8.63. The van der Waals surface area contributed by atoms with E-state index in [0.717, 1.165) is 30.4 Å². The summed E-state index contributed by atoms with van der Waals surface area (Å²) in [6.45, 7) is 4.51. The molecule has 0 aliphatic heterocycles. The quantitative estimate of drug-likeness (QED) is 0.500. The number of nitrogens with zero attached hydrogens (tertiary/aromatic N) is 1. The van der Waals surface area contributed by atoms with Crippen LogP contribution < -0.4 is 0 Å². The molecule has 2 nitrogen and oxygen atoms in total. The summed E-state index contributed by atoms with van der Waals surface area (Å²) in [5.41, 5.74) is 1.01. The summed E-state index contributed by atoms with van der Waals surface area (Å²) in [7, 11) is 0. The molecule has 1 unspecified atom stereocenters. The van der Waals surface area contributed by atoms with E-state index in [0.29, 0.717) is 0 Å². The first-order chi connectivity index (χ1) is 5.72. The predicted molar refractivity (Wildman–Crippen MR) is 50.6 cm³/mol. The Balaban J connectivity index is 2.36. The number of rotatable bonds is 2. The lowest BCUT2D eigenvalue weighted by molar-refractivity contribution is 0.304. The van der Waals surface area contributed by atoms with Crippen molar-refractivity contribution in [2.75, 3.05) is 0 Å².